The van der Waals surface area contributed by atoms with E-state index in [4.69, 9.17) is 0 Å². The minimum Gasteiger partial charge on any atom is -0.309 e. The molecule has 3 rings (SSSR count). The summed E-state index contributed by atoms with van der Waals surface area (Å²) in [5.74, 6) is 0. The van der Waals surface area contributed by atoms with Crippen molar-refractivity contribution >= 4 is 5.65 Å². The molecule has 20 heavy (non-hydrogen) atoms. The second-order valence-electron chi connectivity index (χ2n) is 5.66. The normalized spacial score (nSPS) is 20.6. The smallest absolute Gasteiger partial charge is 0.155 e. The first-order valence-corrected chi connectivity index (χ1v) is 7.51. The highest BCUT2D eigenvalue weighted by Gasteiger charge is 2.17. The van der Waals surface area contributed by atoms with E-state index >= 15 is 0 Å². The summed E-state index contributed by atoms with van der Waals surface area (Å²) >= 11 is 0. The van der Waals surface area contributed by atoms with E-state index in [1.165, 1.54) is 24.9 Å². The molecule has 0 saturated carbocycles. The van der Waals surface area contributed by atoms with Crippen LogP contribution in [0, 0.1) is 6.92 Å². The maximum atomic E-state index is 4.45. The van der Waals surface area contributed by atoms with E-state index in [0.29, 0.717) is 6.04 Å². The first-order chi connectivity index (χ1) is 9.74. The topological polar surface area (TPSA) is 45.5 Å². The molecule has 1 N–H and O–H groups in total. The van der Waals surface area contributed by atoms with Crippen molar-refractivity contribution in [3.8, 4) is 0 Å². The summed E-state index contributed by atoms with van der Waals surface area (Å²) in [6.45, 7) is 8.65. The molecule has 1 atom stereocenters. The molecule has 0 aromatic carbocycles. The Balaban J connectivity index is 1.61. The van der Waals surface area contributed by atoms with Crippen molar-refractivity contribution in [3.63, 3.8) is 0 Å². The fourth-order valence-electron chi connectivity index (χ4n) is 2.90. The zero-order chi connectivity index (χ0) is 13.9. The molecule has 3 heterocycles. The minimum absolute atomic E-state index is 0.596. The van der Waals surface area contributed by atoms with Crippen LogP contribution < -0.4 is 5.32 Å². The van der Waals surface area contributed by atoms with Crippen LogP contribution in [0.3, 0.4) is 0 Å². The summed E-state index contributed by atoms with van der Waals surface area (Å²) in [5.41, 5.74) is 3.11. The van der Waals surface area contributed by atoms with Gasteiger partial charge in [0.2, 0.25) is 0 Å². The molecule has 108 valence electrons. The standard InChI is InChI=1S/C15H23N5/c1-3-19-6-4-5-14(11-19)16-8-13-9-17-15-7-12(2)18-20(15)10-13/h7,9-10,14,16H,3-6,8,11H2,1-2H3. The van der Waals surface area contributed by atoms with Gasteiger partial charge in [0.05, 0.1) is 5.69 Å². The van der Waals surface area contributed by atoms with Gasteiger partial charge in [-0.1, -0.05) is 6.92 Å². The maximum Gasteiger partial charge on any atom is 0.155 e. The lowest BCUT2D eigenvalue weighted by Crippen LogP contribution is -2.45. The fraction of sp³-hybridized carbons (Fsp3) is 0.600. The Labute approximate surface area is 120 Å². The maximum absolute atomic E-state index is 4.45. The third-order valence-corrected chi connectivity index (χ3v) is 4.04. The van der Waals surface area contributed by atoms with Gasteiger partial charge in [-0.25, -0.2) is 9.50 Å². The molecule has 1 fully saturated rings. The minimum atomic E-state index is 0.596. The molecule has 0 spiro atoms. The lowest BCUT2D eigenvalue weighted by Gasteiger charge is -2.32. The van der Waals surface area contributed by atoms with E-state index < -0.39 is 0 Å². The Morgan fingerprint density at radius 3 is 3.20 bits per heavy atom. The molecule has 1 saturated heterocycles. The van der Waals surface area contributed by atoms with E-state index in [-0.39, 0.29) is 0 Å². The van der Waals surface area contributed by atoms with Crippen LogP contribution in [0.4, 0.5) is 0 Å². The quantitative estimate of drug-likeness (QED) is 0.919. The molecule has 5 nitrogen and oxygen atoms in total. The lowest BCUT2D eigenvalue weighted by molar-refractivity contribution is 0.198. The summed E-state index contributed by atoms with van der Waals surface area (Å²) in [5, 5.41) is 8.06. The van der Waals surface area contributed by atoms with Crippen molar-refractivity contribution in [2.24, 2.45) is 0 Å². The largest absolute Gasteiger partial charge is 0.309 e. The molecule has 1 unspecified atom stereocenters. The van der Waals surface area contributed by atoms with Crippen LogP contribution >= 0.6 is 0 Å². The Kier molecular flexibility index (Phi) is 3.98. The van der Waals surface area contributed by atoms with Crippen molar-refractivity contribution in [1.82, 2.24) is 24.8 Å². The van der Waals surface area contributed by atoms with E-state index in [0.717, 1.165) is 31.0 Å². The molecule has 1 aliphatic heterocycles. The fourth-order valence-corrected chi connectivity index (χ4v) is 2.90. The number of likely N-dealkylation sites (N-methyl/N-ethyl adjacent to an activating group) is 1. The summed E-state index contributed by atoms with van der Waals surface area (Å²) < 4.78 is 1.87. The van der Waals surface area contributed by atoms with Gasteiger partial charge < -0.3 is 10.2 Å². The number of nitrogens with zero attached hydrogens (tertiary/aromatic N) is 4. The van der Waals surface area contributed by atoms with Crippen LogP contribution in [0.15, 0.2) is 18.5 Å². The molecule has 2 aromatic rings. The van der Waals surface area contributed by atoms with Crippen molar-refractivity contribution in [3.05, 3.63) is 29.7 Å². The van der Waals surface area contributed by atoms with E-state index in [1.807, 2.05) is 23.7 Å². The number of aryl methyl sites for hydroxylation is 1. The van der Waals surface area contributed by atoms with Gasteiger partial charge in [0.1, 0.15) is 0 Å². The van der Waals surface area contributed by atoms with Crippen molar-refractivity contribution < 1.29 is 0 Å². The average molecular weight is 273 g/mol. The third-order valence-electron chi connectivity index (χ3n) is 4.04. The zero-order valence-corrected chi connectivity index (χ0v) is 12.3. The van der Waals surface area contributed by atoms with Gasteiger partial charge in [0.25, 0.3) is 0 Å². The van der Waals surface area contributed by atoms with Crippen LogP contribution in [0.5, 0.6) is 0 Å². The van der Waals surface area contributed by atoms with Crippen LogP contribution in [-0.4, -0.2) is 45.2 Å². The first-order valence-electron chi connectivity index (χ1n) is 7.51. The molecule has 0 bridgehead atoms. The summed E-state index contributed by atoms with van der Waals surface area (Å²) in [7, 11) is 0. The van der Waals surface area contributed by atoms with Crippen LogP contribution in [0.2, 0.25) is 0 Å². The summed E-state index contributed by atoms with van der Waals surface area (Å²) in [6.07, 6.45) is 6.58. The Bertz CT molecular complexity index is 577. The molecule has 1 aliphatic rings. The van der Waals surface area contributed by atoms with Crippen LogP contribution in [0.25, 0.3) is 5.65 Å². The second-order valence-corrected chi connectivity index (χ2v) is 5.66. The Morgan fingerprint density at radius 2 is 2.35 bits per heavy atom. The first kappa shape index (κ1) is 13.5. The molecule has 0 amide bonds. The van der Waals surface area contributed by atoms with Crippen molar-refractivity contribution in [2.45, 2.75) is 39.3 Å². The van der Waals surface area contributed by atoms with Gasteiger partial charge in [-0.15, -0.1) is 0 Å². The molecular weight excluding hydrogens is 250 g/mol. The Hall–Kier alpha value is -1.46. The van der Waals surface area contributed by atoms with Crippen LogP contribution in [0.1, 0.15) is 31.0 Å². The molecule has 0 aliphatic carbocycles. The van der Waals surface area contributed by atoms with Crippen molar-refractivity contribution in [2.75, 3.05) is 19.6 Å². The SMILES string of the molecule is CCN1CCCC(NCc2cnc3cc(C)nn3c2)C1. The van der Waals surface area contributed by atoms with E-state index in [1.54, 1.807) is 0 Å². The van der Waals surface area contributed by atoms with Gasteiger partial charge in [0.15, 0.2) is 5.65 Å². The molecule has 0 radical (unpaired) electrons. The van der Waals surface area contributed by atoms with Crippen molar-refractivity contribution in [1.29, 1.82) is 0 Å². The third kappa shape index (κ3) is 2.99. The van der Waals surface area contributed by atoms with Gasteiger partial charge in [-0.2, -0.15) is 5.10 Å². The number of likely N-dealkylation sites (tertiary alicyclic amines) is 1. The molecule has 5 heteroatoms. The number of aromatic nitrogens is 3. The van der Waals surface area contributed by atoms with Gasteiger partial charge in [0, 0.05) is 43.2 Å². The predicted octanol–water partition coefficient (Wildman–Crippen LogP) is 1.61. The second kappa shape index (κ2) is 5.89. The van der Waals surface area contributed by atoms with E-state index in [2.05, 4.69) is 33.4 Å². The predicted molar refractivity (Wildman–Crippen MR) is 79.7 cm³/mol. The van der Waals surface area contributed by atoms with E-state index in [9.17, 15) is 0 Å². The number of piperidine rings is 1. The highest BCUT2D eigenvalue weighted by Crippen LogP contribution is 2.11. The number of fused-ring (bicyclic) bond motifs is 1. The number of hydrogen-bond acceptors (Lipinski definition) is 4. The number of hydrogen-bond donors (Lipinski definition) is 1. The summed E-state index contributed by atoms with van der Waals surface area (Å²) in [4.78, 5) is 6.96. The van der Waals surface area contributed by atoms with Gasteiger partial charge in [-0.3, -0.25) is 0 Å². The molecule has 2 aromatic heterocycles. The average Bonchev–Trinajstić information content (AvgIpc) is 2.84. The highest BCUT2D eigenvalue weighted by molar-refractivity contribution is 5.38. The zero-order valence-electron chi connectivity index (χ0n) is 12.3. The highest BCUT2D eigenvalue weighted by atomic mass is 15.2. The number of nitrogens with one attached hydrogen (secondary N) is 1. The summed E-state index contributed by atoms with van der Waals surface area (Å²) in [6, 6.07) is 2.59. The lowest BCUT2D eigenvalue weighted by atomic mass is 10.1. The molecular formula is C15H23N5. The van der Waals surface area contributed by atoms with Crippen LogP contribution in [-0.2, 0) is 6.54 Å². The van der Waals surface area contributed by atoms with Gasteiger partial charge in [-0.05, 0) is 32.9 Å². The van der Waals surface area contributed by atoms with Gasteiger partial charge >= 0.3 is 0 Å². The Morgan fingerprint density at radius 1 is 1.45 bits per heavy atom. The monoisotopic (exact) mass is 273 g/mol. The number of rotatable bonds is 4.